The molecule has 0 radical (unpaired) electrons. The summed E-state index contributed by atoms with van der Waals surface area (Å²) in [6, 6.07) is 0. The van der Waals surface area contributed by atoms with E-state index in [0.29, 0.717) is 6.61 Å². The van der Waals surface area contributed by atoms with Crippen LogP contribution in [-0.2, 0) is 4.43 Å². The van der Waals surface area contributed by atoms with E-state index in [1.165, 1.54) is 0 Å². The highest BCUT2D eigenvalue weighted by molar-refractivity contribution is 6.74. The first-order valence-electron chi connectivity index (χ1n) is 7.94. The molecule has 0 saturated carbocycles. The van der Waals surface area contributed by atoms with Gasteiger partial charge in [-0.25, -0.2) is 4.79 Å². The first-order valence-corrected chi connectivity index (χ1v) is 10.8. The number of hydrogen-bond donors (Lipinski definition) is 3. The zero-order chi connectivity index (χ0) is 16.1. The van der Waals surface area contributed by atoms with Gasteiger partial charge in [-0.05, 0) is 56.9 Å². The van der Waals surface area contributed by atoms with Crippen molar-refractivity contribution >= 4 is 14.4 Å². The van der Waals surface area contributed by atoms with Crippen LogP contribution in [0.4, 0.5) is 4.79 Å². The Balaban J connectivity index is 2.63. The lowest BCUT2D eigenvalue weighted by atomic mass is 9.87. The van der Waals surface area contributed by atoms with Crippen molar-refractivity contribution in [3.63, 3.8) is 0 Å². The van der Waals surface area contributed by atoms with Gasteiger partial charge in [0, 0.05) is 12.1 Å². The fourth-order valence-corrected chi connectivity index (χ4v) is 3.56. The summed E-state index contributed by atoms with van der Waals surface area (Å²) in [4.78, 5) is 11.1. The van der Waals surface area contributed by atoms with Crippen LogP contribution >= 0.6 is 0 Å². The van der Waals surface area contributed by atoms with Gasteiger partial charge in [-0.15, -0.1) is 0 Å². The molecule has 0 aromatic rings. The smallest absolute Gasteiger partial charge is 0.405 e. The highest BCUT2D eigenvalue weighted by Gasteiger charge is 2.38. The van der Waals surface area contributed by atoms with E-state index < -0.39 is 14.4 Å². The molecule has 6 heteroatoms. The predicted octanol–water partition coefficient (Wildman–Crippen LogP) is 3.18. The molecule has 0 aromatic carbocycles. The zero-order valence-corrected chi connectivity index (χ0v) is 15.2. The number of hydrogen-bond acceptors (Lipinski definition) is 3. The molecule has 21 heavy (non-hydrogen) atoms. The van der Waals surface area contributed by atoms with Crippen molar-refractivity contribution in [3.05, 3.63) is 0 Å². The Morgan fingerprint density at radius 1 is 1.33 bits per heavy atom. The topological polar surface area (TPSA) is 70.6 Å². The third-order valence-electron chi connectivity index (χ3n) is 5.01. The second kappa shape index (κ2) is 7.11. The van der Waals surface area contributed by atoms with Crippen LogP contribution in [-0.4, -0.2) is 44.8 Å². The van der Waals surface area contributed by atoms with E-state index in [4.69, 9.17) is 9.53 Å². The molecule has 0 aliphatic carbocycles. The Hall–Kier alpha value is -0.593. The second-order valence-corrected chi connectivity index (χ2v) is 12.5. The van der Waals surface area contributed by atoms with E-state index in [1.54, 1.807) is 0 Å². The van der Waals surface area contributed by atoms with E-state index in [-0.39, 0.29) is 10.6 Å². The van der Waals surface area contributed by atoms with Crippen LogP contribution in [0.2, 0.25) is 18.1 Å². The first kappa shape index (κ1) is 18.5. The van der Waals surface area contributed by atoms with Gasteiger partial charge in [-0.3, -0.25) is 0 Å². The molecule has 3 N–H and O–H groups in total. The van der Waals surface area contributed by atoms with Gasteiger partial charge in [0.25, 0.3) is 0 Å². The van der Waals surface area contributed by atoms with Gasteiger partial charge in [0.05, 0.1) is 0 Å². The van der Waals surface area contributed by atoms with Crippen molar-refractivity contribution in [2.45, 2.75) is 70.1 Å². The van der Waals surface area contributed by atoms with Gasteiger partial charge >= 0.3 is 6.09 Å². The Bertz CT molecular complexity index is 345. The number of amides is 1. The van der Waals surface area contributed by atoms with Crippen molar-refractivity contribution in [3.8, 4) is 0 Å². The van der Waals surface area contributed by atoms with Crippen LogP contribution in [0, 0.1) is 0 Å². The summed E-state index contributed by atoms with van der Waals surface area (Å²) >= 11 is 0. The normalized spacial score (nSPS) is 24.4. The minimum absolute atomic E-state index is 0.186. The van der Waals surface area contributed by atoms with Crippen molar-refractivity contribution in [1.29, 1.82) is 0 Å². The van der Waals surface area contributed by atoms with Crippen molar-refractivity contribution in [2.24, 2.45) is 0 Å². The molecule has 1 aliphatic heterocycles. The van der Waals surface area contributed by atoms with E-state index in [0.717, 1.165) is 38.8 Å². The molecule has 1 aliphatic rings. The summed E-state index contributed by atoms with van der Waals surface area (Å²) in [6.07, 6.45) is 2.55. The number of carbonyl (C=O) groups is 1. The predicted molar refractivity (Wildman–Crippen MR) is 88.4 cm³/mol. The van der Waals surface area contributed by atoms with Gasteiger partial charge in [-0.2, -0.15) is 0 Å². The fraction of sp³-hybridized carbons (Fsp3) is 0.933. The molecule has 1 atom stereocenters. The van der Waals surface area contributed by atoms with E-state index in [2.05, 4.69) is 44.5 Å². The molecular formula is C15H32N2O3Si. The van der Waals surface area contributed by atoms with Crippen molar-refractivity contribution in [1.82, 2.24) is 10.6 Å². The maximum Gasteiger partial charge on any atom is 0.405 e. The Morgan fingerprint density at radius 3 is 2.57 bits per heavy atom. The molecule has 0 spiro atoms. The SMILES string of the molecule is CC(C)(C)[Si](C)(C)OCC[C@]1(NC(=O)O)CCCNCC1. The maximum atomic E-state index is 11.1. The van der Waals surface area contributed by atoms with Gasteiger partial charge in [-0.1, -0.05) is 20.8 Å². The quantitative estimate of drug-likeness (QED) is 0.681. The van der Waals surface area contributed by atoms with Crippen molar-refractivity contribution < 1.29 is 14.3 Å². The summed E-state index contributed by atoms with van der Waals surface area (Å²) in [5.74, 6) is 0. The van der Waals surface area contributed by atoms with Gasteiger partial charge in [0.2, 0.25) is 0 Å². The number of rotatable bonds is 5. The van der Waals surface area contributed by atoms with Crippen LogP contribution in [0.25, 0.3) is 0 Å². The van der Waals surface area contributed by atoms with Crippen LogP contribution in [0.3, 0.4) is 0 Å². The van der Waals surface area contributed by atoms with Crippen molar-refractivity contribution in [2.75, 3.05) is 19.7 Å². The molecule has 1 saturated heterocycles. The largest absolute Gasteiger partial charge is 0.465 e. The fourth-order valence-electron chi connectivity index (χ4n) is 2.51. The molecule has 1 fully saturated rings. The standard InChI is InChI=1S/C15H32N2O3Si/c1-14(2,3)21(4,5)20-12-9-15(17-13(18)19)7-6-10-16-11-8-15/h16-17H,6-12H2,1-5H3,(H,18,19)/t15-/m0/s1. The van der Waals surface area contributed by atoms with Gasteiger partial charge < -0.3 is 20.2 Å². The summed E-state index contributed by atoms with van der Waals surface area (Å²) in [5.41, 5.74) is -0.336. The summed E-state index contributed by atoms with van der Waals surface area (Å²) in [6.45, 7) is 13.6. The highest BCUT2D eigenvalue weighted by Crippen LogP contribution is 2.37. The summed E-state index contributed by atoms with van der Waals surface area (Å²) < 4.78 is 6.23. The molecule has 0 aromatic heterocycles. The number of carboxylic acid groups (broad SMARTS) is 1. The zero-order valence-electron chi connectivity index (χ0n) is 14.2. The minimum atomic E-state index is -1.77. The van der Waals surface area contributed by atoms with Crippen LogP contribution in [0.5, 0.6) is 0 Å². The Morgan fingerprint density at radius 2 is 2.00 bits per heavy atom. The third-order valence-corrected chi connectivity index (χ3v) is 9.55. The molecule has 1 amide bonds. The molecule has 5 nitrogen and oxygen atoms in total. The molecule has 0 unspecified atom stereocenters. The van der Waals surface area contributed by atoms with E-state index >= 15 is 0 Å². The third kappa shape index (κ3) is 5.60. The first-order chi connectivity index (χ1) is 9.58. The van der Waals surface area contributed by atoms with Crippen LogP contribution in [0.1, 0.15) is 46.5 Å². The maximum absolute atomic E-state index is 11.1. The second-order valence-electron chi connectivity index (χ2n) is 7.67. The molecule has 1 rings (SSSR count). The average molecular weight is 317 g/mol. The minimum Gasteiger partial charge on any atom is -0.465 e. The lowest BCUT2D eigenvalue weighted by Gasteiger charge is -2.38. The summed E-state index contributed by atoms with van der Waals surface area (Å²) in [5, 5.41) is 15.4. The monoisotopic (exact) mass is 316 g/mol. The lowest BCUT2D eigenvalue weighted by Crippen LogP contribution is -2.50. The van der Waals surface area contributed by atoms with Gasteiger partial charge in [0.1, 0.15) is 0 Å². The Kier molecular flexibility index (Phi) is 6.25. The van der Waals surface area contributed by atoms with E-state index in [1.807, 2.05) is 0 Å². The molecule has 124 valence electrons. The van der Waals surface area contributed by atoms with Gasteiger partial charge in [0.15, 0.2) is 8.32 Å². The Labute approximate surface area is 130 Å². The highest BCUT2D eigenvalue weighted by atomic mass is 28.4. The number of nitrogens with one attached hydrogen (secondary N) is 2. The average Bonchev–Trinajstić information content (AvgIpc) is 2.52. The van der Waals surface area contributed by atoms with E-state index in [9.17, 15) is 4.79 Å². The lowest BCUT2D eigenvalue weighted by molar-refractivity contribution is 0.157. The molecule has 0 bridgehead atoms. The summed E-state index contributed by atoms with van der Waals surface area (Å²) in [7, 11) is -1.77. The van der Waals surface area contributed by atoms with Crippen LogP contribution in [0.15, 0.2) is 0 Å². The molecular weight excluding hydrogens is 284 g/mol. The van der Waals surface area contributed by atoms with Crippen LogP contribution < -0.4 is 10.6 Å². The molecule has 1 heterocycles.